The fourth-order valence-electron chi connectivity index (χ4n) is 2.29. The van der Waals surface area contributed by atoms with Crippen molar-refractivity contribution < 1.29 is 4.74 Å². The van der Waals surface area contributed by atoms with Crippen LogP contribution in [0.5, 0.6) is 0 Å². The summed E-state index contributed by atoms with van der Waals surface area (Å²) in [7, 11) is 0. The van der Waals surface area contributed by atoms with Crippen LogP contribution in [0.4, 0.5) is 5.82 Å². The van der Waals surface area contributed by atoms with Crippen LogP contribution in [0.3, 0.4) is 0 Å². The number of aromatic nitrogens is 1. The molecule has 0 aromatic carbocycles. The van der Waals surface area contributed by atoms with Crippen molar-refractivity contribution in [3.8, 4) is 0 Å². The quantitative estimate of drug-likeness (QED) is 0.868. The summed E-state index contributed by atoms with van der Waals surface area (Å²) in [6.45, 7) is 6.16. The lowest BCUT2D eigenvalue weighted by atomic mass is 9.88. The van der Waals surface area contributed by atoms with E-state index in [-0.39, 0.29) is 5.60 Å². The molecule has 1 aliphatic rings. The second kappa shape index (κ2) is 5.36. The molecule has 17 heavy (non-hydrogen) atoms. The maximum absolute atomic E-state index is 5.72. The Kier molecular flexibility index (Phi) is 4.05. The Hall–Kier alpha value is -0.610. The zero-order valence-corrected chi connectivity index (χ0v) is 12.0. The summed E-state index contributed by atoms with van der Waals surface area (Å²) in [6.07, 6.45) is 2.23. The van der Waals surface area contributed by atoms with Crippen LogP contribution in [0.25, 0.3) is 0 Å². The summed E-state index contributed by atoms with van der Waals surface area (Å²) in [5, 5.41) is 3.40. The average molecular weight is 299 g/mol. The first-order valence-corrected chi connectivity index (χ1v) is 6.85. The molecule has 1 N–H and O–H groups in total. The molecular formula is C13H19BrN2O. The Bertz CT molecular complexity index is 381. The fourth-order valence-corrected chi connectivity index (χ4v) is 2.63. The van der Waals surface area contributed by atoms with Gasteiger partial charge in [-0.25, -0.2) is 4.98 Å². The number of hydrogen-bond acceptors (Lipinski definition) is 3. The summed E-state index contributed by atoms with van der Waals surface area (Å²) in [5.41, 5.74) is 0.0231. The van der Waals surface area contributed by atoms with E-state index < -0.39 is 0 Å². The third-order valence-corrected chi connectivity index (χ3v) is 3.53. The first-order valence-electron chi connectivity index (χ1n) is 6.05. The fraction of sp³-hybridized carbons (Fsp3) is 0.615. The van der Waals surface area contributed by atoms with Crippen molar-refractivity contribution in [2.24, 2.45) is 5.92 Å². The second-order valence-electron chi connectivity index (χ2n) is 5.19. The zero-order valence-electron chi connectivity index (χ0n) is 10.4. The number of rotatable bonds is 3. The number of nitrogens with one attached hydrogen (secondary N) is 1. The van der Waals surface area contributed by atoms with Crippen LogP contribution in [-0.4, -0.2) is 23.7 Å². The van der Waals surface area contributed by atoms with Gasteiger partial charge in [0.25, 0.3) is 0 Å². The van der Waals surface area contributed by atoms with Crippen LogP contribution in [0.2, 0.25) is 0 Å². The molecule has 0 unspecified atom stereocenters. The molecule has 3 nitrogen and oxygen atoms in total. The molecule has 1 aromatic rings. The molecule has 1 aromatic heterocycles. The molecule has 1 saturated heterocycles. The largest absolute Gasteiger partial charge is 0.376 e. The molecule has 2 heterocycles. The number of anilines is 1. The lowest BCUT2D eigenvalue weighted by molar-refractivity contribution is -0.0699. The standard InChI is InChI=1S/C13H19BrN2O/c1-13(2)8-10(6-7-17-13)9-15-12-5-3-4-11(14)16-12/h3-5,10H,6-9H2,1-2H3,(H,15,16)/t10-/m0/s1. The summed E-state index contributed by atoms with van der Waals surface area (Å²) in [4.78, 5) is 4.37. The third-order valence-electron chi connectivity index (χ3n) is 3.09. The Balaban J connectivity index is 1.86. The topological polar surface area (TPSA) is 34.2 Å². The van der Waals surface area contributed by atoms with Crippen molar-refractivity contribution in [3.05, 3.63) is 22.8 Å². The summed E-state index contributed by atoms with van der Waals surface area (Å²) in [5.74, 6) is 1.60. The van der Waals surface area contributed by atoms with Crippen LogP contribution in [-0.2, 0) is 4.74 Å². The van der Waals surface area contributed by atoms with Crippen molar-refractivity contribution >= 4 is 21.7 Å². The molecule has 0 amide bonds. The third kappa shape index (κ3) is 3.96. The molecule has 1 fully saturated rings. The van der Waals surface area contributed by atoms with E-state index in [0.29, 0.717) is 5.92 Å². The van der Waals surface area contributed by atoms with Gasteiger partial charge in [-0.15, -0.1) is 0 Å². The highest BCUT2D eigenvalue weighted by Gasteiger charge is 2.28. The summed E-state index contributed by atoms with van der Waals surface area (Å²) in [6, 6.07) is 5.92. The van der Waals surface area contributed by atoms with Gasteiger partial charge in [-0.05, 0) is 60.7 Å². The maximum Gasteiger partial charge on any atom is 0.127 e. The van der Waals surface area contributed by atoms with Gasteiger partial charge in [0, 0.05) is 13.2 Å². The zero-order chi connectivity index (χ0) is 12.3. The second-order valence-corrected chi connectivity index (χ2v) is 6.01. The van der Waals surface area contributed by atoms with Crippen LogP contribution >= 0.6 is 15.9 Å². The van der Waals surface area contributed by atoms with Crippen molar-refractivity contribution in [3.63, 3.8) is 0 Å². The van der Waals surface area contributed by atoms with E-state index in [2.05, 4.69) is 40.1 Å². The first-order chi connectivity index (χ1) is 8.05. The number of pyridine rings is 1. The maximum atomic E-state index is 5.72. The average Bonchev–Trinajstić information content (AvgIpc) is 2.25. The summed E-state index contributed by atoms with van der Waals surface area (Å²) >= 11 is 3.38. The number of nitrogens with zero attached hydrogens (tertiary/aromatic N) is 1. The molecule has 4 heteroatoms. The Morgan fingerprint density at radius 3 is 3.06 bits per heavy atom. The monoisotopic (exact) mass is 298 g/mol. The van der Waals surface area contributed by atoms with Crippen molar-refractivity contribution in [2.75, 3.05) is 18.5 Å². The van der Waals surface area contributed by atoms with E-state index in [1.807, 2.05) is 18.2 Å². The van der Waals surface area contributed by atoms with E-state index >= 15 is 0 Å². The smallest absolute Gasteiger partial charge is 0.127 e. The van der Waals surface area contributed by atoms with E-state index in [9.17, 15) is 0 Å². The van der Waals surface area contributed by atoms with Crippen LogP contribution in [0, 0.1) is 5.92 Å². The molecule has 1 atom stereocenters. The Morgan fingerprint density at radius 1 is 1.53 bits per heavy atom. The van der Waals surface area contributed by atoms with Gasteiger partial charge in [0.2, 0.25) is 0 Å². The normalized spacial score (nSPS) is 23.4. The van der Waals surface area contributed by atoms with Gasteiger partial charge < -0.3 is 10.1 Å². The Labute approximate surface area is 111 Å². The minimum Gasteiger partial charge on any atom is -0.376 e. The van der Waals surface area contributed by atoms with Gasteiger partial charge in [0.05, 0.1) is 5.60 Å². The van der Waals surface area contributed by atoms with Gasteiger partial charge in [-0.1, -0.05) is 6.07 Å². The molecule has 0 bridgehead atoms. The van der Waals surface area contributed by atoms with E-state index in [0.717, 1.165) is 36.4 Å². The molecule has 0 radical (unpaired) electrons. The molecule has 0 aliphatic carbocycles. The highest BCUT2D eigenvalue weighted by molar-refractivity contribution is 9.10. The first kappa shape index (κ1) is 12.8. The van der Waals surface area contributed by atoms with E-state index in [4.69, 9.17) is 4.74 Å². The van der Waals surface area contributed by atoms with Crippen molar-refractivity contribution in [1.82, 2.24) is 4.98 Å². The minimum atomic E-state index is 0.0231. The summed E-state index contributed by atoms with van der Waals surface area (Å²) < 4.78 is 6.59. The van der Waals surface area contributed by atoms with Crippen molar-refractivity contribution in [1.29, 1.82) is 0 Å². The predicted octanol–water partition coefficient (Wildman–Crippen LogP) is 3.46. The Morgan fingerprint density at radius 2 is 2.35 bits per heavy atom. The minimum absolute atomic E-state index is 0.0231. The molecule has 94 valence electrons. The molecule has 0 saturated carbocycles. The highest BCUT2D eigenvalue weighted by atomic mass is 79.9. The number of halogens is 1. The van der Waals surface area contributed by atoms with Crippen LogP contribution in [0.15, 0.2) is 22.8 Å². The van der Waals surface area contributed by atoms with Gasteiger partial charge in [0.1, 0.15) is 10.4 Å². The lowest BCUT2D eigenvalue weighted by Crippen LogP contribution is -2.36. The van der Waals surface area contributed by atoms with Gasteiger partial charge in [-0.3, -0.25) is 0 Å². The van der Waals surface area contributed by atoms with Crippen LogP contribution in [0.1, 0.15) is 26.7 Å². The van der Waals surface area contributed by atoms with E-state index in [1.54, 1.807) is 0 Å². The van der Waals surface area contributed by atoms with Gasteiger partial charge in [0.15, 0.2) is 0 Å². The molecular weight excluding hydrogens is 280 g/mol. The van der Waals surface area contributed by atoms with Gasteiger partial charge in [-0.2, -0.15) is 0 Å². The predicted molar refractivity (Wildman–Crippen MR) is 73.2 cm³/mol. The molecule has 2 rings (SSSR count). The molecule has 0 spiro atoms. The van der Waals surface area contributed by atoms with Crippen LogP contribution < -0.4 is 5.32 Å². The van der Waals surface area contributed by atoms with Gasteiger partial charge >= 0.3 is 0 Å². The van der Waals surface area contributed by atoms with E-state index in [1.165, 1.54) is 0 Å². The molecule has 1 aliphatic heterocycles. The SMILES string of the molecule is CC1(C)C[C@@H](CNc2cccc(Br)n2)CCO1. The van der Waals surface area contributed by atoms with Crippen molar-refractivity contribution in [2.45, 2.75) is 32.3 Å². The number of hydrogen-bond donors (Lipinski definition) is 1. The number of ether oxygens (including phenoxy) is 1. The lowest BCUT2D eigenvalue weighted by Gasteiger charge is -2.35. The highest BCUT2D eigenvalue weighted by Crippen LogP contribution is 2.28.